The second-order valence-electron chi connectivity index (χ2n) is 4.87. The Hall–Kier alpha value is -1.50. The van der Waals surface area contributed by atoms with Crippen molar-refractivity contribution in [3.63, 3.8) is 0 Å². The Kier molecular flexibility index (Phi) is 4.71. The normalized spacial score (nSPS) is 17.6. The minimum Gasteiger partial charge on any atom is -0.445 e. The van der Waals surface area contributed by atoms with Gasteiger partial charge in [-0.05, 0) is 37.3 Å². The van der Waals surface area contributed by atoms with Gasteiger partial charge in [0.25, 0.3) is 5.91 Å². The van der Waals surface area contributed by atoms with Gasteiger partial charge in [0.05, 0.1) is 5.02 Å². The Balaban J connectivity index is 1.77. The summed E-state index contributed by atoms with van der Waals surface area (Å²) in [7, 11) is 0. The van der Waals surface area contributed by atoms with Crippen LogP contribution in [0.3, 0.4) is 0 Å². The number of rotatable bonds is 4. The minimum absolute atomic E-state index is 0.189. The fourth-order valence-corrected chi connectivity index (χ4v) is 3.24. The molecular formula is C15H15ClN2O3S. The first-order chi connectivity index (χ1) is 10.7. The van der Waals surface area contributed by atoms with E-state index in [1.165, 1.54) is 6.39 Å². The van der Waals surface area contributed by atoms with Crippen LogP contribution < -0.4 is 5.32 Å². The summed E-state index contributed by atoms with van der Waals surface area (Å²) in [6.45, 7) is 0.679. The summed E-state index contributed by atoms with van der Waals surface area (Å²) in [5, 5.41) is 3.39. The zero-order valence-corrected chi connectivity index (χ0v) is 13.5. The third-order valence-electron chi connectivity index (χ3n) is 3.44. The first-order valence-corrected chi connectivity index (χ1v) is 8.49. The molecule has 1 amide bonds. The average Bonchev–Trinajstić information content (AvgIpc) is 3.18. The largest absolute Gasteiger partial charge is 0.445 e. The Bertz CT molecular complexity index is 683. The highest BCUT2D eigenvalue weighted by Crippen LogP contribution is 2.31. The standard InChI is InChI=1S/C15H15ClN2O3S/c1-22-12-5-4-9(7-10(12)16)18-15(19)13-14(21-8-17-13)11-3-2-6-20-11/h4-5,7-8,11H,2-3,6H2,1H3,(H,18,19). The van der Waals surface area contributed by atoms with Gasteiger partial charge < -0.3 is 14.5 Å². The Morgan fingerprint density at radius 3 is 3.05 bits per heavy atom. The second-order valence-corrected chi connectivity index (χ2v) is 6.13. The predicted molar refractivity (Wildman–Crippen MR) is 85.6 cm³/mol. The number of ether oxygens (including phenoxy) is 1. The molecule has 3 rings (SSSR count). The number of carbonyl (C=O) groups is 1. The van der Waals surface area contributed by atoms with Crippen LogP contribution in [-0.2, 0) is 4.74 Å². The molecular weight excluding hydrogens is 324 g/mol. The fourth-order valence-electron chi connectivity index (χ4n) is 2.37. The van der Waals surface area contributed by atoms with E-state index in [-0.39, 0.29) is 17.7 Å². The van der Waals surface area contributed by atoms with Crippen molar-refractivity contribution in [2.75, 3.05) is 18.2 Å². The third kappa shape index (κ3) is 3.14. The number of hydrogen-bond acceptors (Lipinski definition) is 5. The number of amides is 1. The van der Waals surface area contributed by atoms with Crippen LogP contribution in [0.2, 0.25) is 5.02 Å². The summed E-state index contributed by atoms with van der Waals surface area (Å²) in [5.41, 5.74) is 0.881. The van der Waals surface area contributed by atoms with Gasteiger partial charge >= 0.3 is 0 Å². The molecule has 5 nitrogen and oxygen atoms in total. The van der Waals surface area contributed by atoms with E-state index in [4.69, 9.17) is 20.8 Å². The smallest absolute Gasteiger partial charge is 0.278 e. The van der Waals surface area contributed by atoms with Crippen molar-refractivity contribution in [1.82, 2.24) is 4.98 Å². The van der Waals surface area contributed by atoms with Gasteiger partial charge in [0.2, 0.25) is 0 Å². The number of oxazole rings is 1. The van der Waals surface area contributed by atoms with Crippen LogP contribution in [0.25, 0.3) is 0 Å². The monoisotopic (exact) mass is 338 g/mol. The number of carbonyl (C=O) groups excluding carboxylic acids is 1. The Morgan fingerprint density at radius 2 is 2.36 bits per heavy atom. The zero-order chi connectivity index (χ0) is 15.5. The number of aromatic nitrogens is 1. The summed E-state index contributed by atoms with van der Waals surface area (Å²) in [6.07, 6.45) is 4.83. The van der Waals surface area contributed by atoms with Crippen molar-refractivity contribution in [2.45, 2.75) is 23.8 Å². The molecule has 1 aliphatic heterocycles. The van der Waals surface area contributed by atoms with Gasteiger partial charge in [0.1, 0.15) is 6.10 Å². The quantitative estimate of drug-likeness (QED) is 0.848. The van der Waals surface area contributed by atoms with E-state index in [0.29, 0.717) is 23.1 Å². The number of benzene rings is 1. The summed E-state index contributed by atoms with van der Waals surface area (Å²) in [6, 6.07) is 5.39. The van der Waals surface area contributed by atoms with Crippen LogP contribution in [0.4, 0.5) is 5.69 Å². The number of thioether (sulfide) groups is 1. The SMILES string of the molecule is CSc1ccc(NC(=O)c2ncoc2C2CCCO2)cc1Cl. The predicted octanol–water partition coefficient (Wildman–Crippen LogP) is 4.15. The highest BCUT2D eigenvalue weighted by Gasteiger charge is 2.28. The lowest BCUT2D eigenvalue weighted by Gasteiger charge is -2.09. The lowest BCUT2D eigenvalue weighted by atomic mass is 10.1. The molecule has 2 aromatic rings. The van der Waals surface area contributed by atoms with E-state index in [9.17, 15) is 4.79 Å². The molecule has 1 aliphatic rings. The van der Waals surface area contributed by atoms with Crippen molar-refractivity contribution >= 4 is 35.0 Å². The van der Waals surface area contributed by atoms with E-state index in [0.717, 1.165) is 17.7 Å². The number of nitrogens with zero attached hydrogens (tertiary/aromatic N) is 1. The zero-order valence-electron chi connectivity index (χ0n) is 12.0. The Morgan fingerprint density at radius 1 is 1.50 bits per heavy atom. The molecule has 0 saturated carbocycles. The molecule has 7 heteroatoms. The van der Waals surface area contributed by atoms with Crippen molar-refractivity contribution in [3.8, 4) is 0 Å². The summed E-state index contributed by atoms with van der Waals surface area (Å²) >= 11 is 7.70. The number of hydrogen-bond donors (Lipinski definition) is 1. The van der Waals surface area contributed by atoms with E-state index in [1.807, 2.05) is 12.3 Å². The summed E-state index contributed by atoms with van der Waals surface area (Å²) < 4.78 is 10.9. The molecule has 22 heavy (non-hydrogen) atoms. The number of nitrogens with one attached hydrogen (secondary N) is 1. The van der Waals surface area contributed by atoms with Crippen LogP contribution in [0, 0.1) is 0 Å². The van der Waals surface area contributed by atoms with Gasteiger partial charge in [0, 0.05) is 17.2 Å². The molecule has 1 aromatic heterocycles. The van der Waals surface area contributed by atoms with E-state index in [1.54, 1.807) is 23.9 Å². The van der Waals surface area contributed by atoms with Gasteiger partial charge in [-0.2, -0.15) is 0 Å². The molecule has 1 N–H and O–H groups in total. The second kappa shape index (κ2) is 6.73. The van der Waals surface area contributed by atoms with Gasteiger partial charge in [-0.25, -0.2) is 4.98 Å². The fraction of sp³-hybridized carbons (Fsp3) is 0.333. The molecule has 1 atom stereocenters. The highest BCUT2D eigenvalue weighted by atomic mass is 35.5. The molecule has 2 heterocycles. The molecule has 1 fully saturated rings. The van der Waals surface area contributed by atoms with Gasteiger partial charge in [-0.15, -0.1) is 11.8 Å². The third-order valence-corrected chi connectivity index (χ3v) is 4.66. The molecule has 0 aliphatic carbocycles. The molecule has 1 unspecified atom stereocenters. The van der Waals surface area contributed by atoms with E-state index < -0.39 is 0 Å². The van der Waals surface area contributed by atoms with Gasteiger partial charge in [0.15, 0.2) is 17.8 Å². The van der Waals surface area contributed by atoms with Crippen LogP contribution in [0.15, 0.2) is 33.9 Å². The molecule has 1 saturated heterocycles. The molecule has 1 aromatic carbocycles. The number of halogens is 1. The van der Waals surface area contributed by atoms with Crippen molar-refractivity contribution < 1.29 is 13.9 Å². The van der Waals surface area contributed by atoms with Crippen LogP contribution in [0.1, 0.15) is 35.2 Å². The summed E-state index contributed by atoms with van der Waals surface area (Å²) in [5.74, 6) is 0.161. The topological polar surface area (TPSA) is 64.4 Å². The van der Waals surface area contributed by atoms with Crippen LogP contribution in [0.5, 0.6) is 0 Å². The molecule has 0 spiro atoms. The van der Waals surface area contributed by atoms with E-state index >= 15 is 0 Å². The van der Waals surface area contributed by atoms with Gasteiger partial charge in [-0.1, -0.05) is 11.6 Å². The molecule has 0 bridgehead atoms. The molecule has 0 radical (unpaired) electrons. The van der Waals surface area contributed by atoms with E-state index in [2.05, 4.69) is 10.3 Å². The first-order valence-electron chi connectivity index (χ1n) is 6.89. The maximum atomic E-state index is 12.4. The maximum absolute atomic E-state index is 12.4. The van der Waals surface area contributed by atoms with Crippen LogP contribution >= 0.6 is 23.4 Å². The van der Waals surface area contributed by atoms with Crippen molar-refractivity contribution in [1.29, 1.82) is 0 Å². The highest BCUT2D eigenvalue weighted by molar-refractivity contribution is 7.98. The van der Waals surface area contributed by atoms with Crippen molar-refractivity contribution in [3.05, 3.63) is 41.1 Å². The maximum Gasteiger partial charge on any atom is 0.278 e. The van der Waals surface area contributed by atoms with Crippen molar-refractivity contribution in [2.24, 2.45) is 0 Å². The lowest BCUT2D eigenvalue weighted by Crippen LogP contribution is -2.15. The Labute approximate surface area is 137 Å². The summed E-state index contributed by atoms with van der Waals surface area (Å²) in [4.78, 5) is 17.4. The average molecular weight is 339 g/mol. The number of anilines is 1. The van der Waals surface area contributed by atoms with Gasteiger partial charge in [-0.3, -0.25) is 4.79 Å². The van der Waals surface area contributed by atoms with Crippen LogP contribution in [-0.4, -0.2) is 23.8 Å². The lowest BCUT2D eigenvalue weighted by molar-refractivity contribution is 0.0889. The molecule has 116 valence electrons. The first kappa shape index (κ1) is 15.4. The minimum atomic E-state index is -0.327.